The maximum atomic E-state index is 14.6. The van der Waals surface area contributed by atoms with Gasteiger partial charge in [0.25, 0.3) is 0 Å². The van der Waals surface area contributed by atoms with Crippen molar-refractivity contribution < 1.29 is 4.39 Å². The zero-order chi connectivity index (χ0) is 16.8. The Balaban J connectivity index is 1.61. The lowest BCUT2D eigenvalue weighted by atomic mass is 9.77. The average Bonchev–Trinajstić information content (AvgIpc) is 2.63. The molecule has 0 heterocycles. The lowest BCUT2D eigenvalue weighted by molar-refractivity contribution is 0.302. The number of rotatable bonds is 6. The zero-order valence-corrected chi connectivity index (χ0v) is 14.8. The van der Waals surface area contributed by atoms with Crippen LogP contribution in [-0.2, 0) is 0 Å². The van der Waals surface area contributed by atoms with Crippen molar-refractivity contribution in [1.82, 2.24) is 0 Å². The largest absolute Gasteiger partial charge is 0.206 e. The molecule has 24 heavy (non-hydrogen) atoms. The van der Waals surface area contributed by atoms with Crippen LogP contribution < -0.4 is 0 Å². The van der Waals surface area contributed by atoms with Gasteiger partial charge in [-0.05, 0) is 54.7 Å². The first-order chi connectivity index (χ1) is 11.8. The number of benzene rings is 2. The maximum Gasteiger partial charge on any atom is 0.131 e. The van der Waals surface area contributed by atoms with Gasteiger partial charge in [-0.1, -0.05) is 75.1 Å². The van der Waals surface area contributed by atoms with Gasteiger partial charge in [0.2, 0.25) is 0 Å². The molecule has 2 aromatic carbocycles. The highest BCUT2D eigenvalue weighted by atomic mass is 19.1. The molecule has 1 aliphatic carbocycles. The summed E-state index contributed by atoms with van der Waals surface area (Å²) in [5.74, 6) is 1.37. The van der Waals surface area contributed by atoms with Crippen molar-refractivity contribution in [2.75, 3.05) is 0 Å². The fourth-order valence-electron chi connectivity index (χ4n) is 4.10. The second kappa shape index (κ2) is 8.46. The molecule has 0 saturated heterocycles. The monoisotopic (exact) mass is 324 g/mol. The maximum absolute atomic E-state index is 14.6. The van der Waals surface area contributed by atoms with E-state index in [1.807, 2.05) is 36.4 Å². The standard InChI is InChI=1S/C23H29F/c1-2-3-5-8-18-11-13-19(14-12-18)21-15-16-22(23(24)17-21)20-9-6-4-7-10-20/h4,6-7,9-10,15-19H,2-3,5,8,11-14H2,1H3. The van der Waals surface area contributed by atoms with Crippen LogP contribution in [0.3, 0.4) is 0 Å². The van der Waals surface area contributed by atoms with Gasteiger partial charge in [0, 0.05) is 5.56 Å². The Morgan fingerprint density at radius 3 is 2.33 bits per heavy atom. The molecule has 1 aliphatic rings. The number of unbranched alkanes of at least 4 members (excludes halogenated alkanes) is 2. The molecule has 0 aliphatic heterocycles. The number of hydrogen-bond donors (Lipinski definition) is 0. The molecular weight excluding hydrogens is 295 g/mol. The molecule has 0 aromatic heterocycles. The van der Waals surface area contributed by atoms with Crippen LogP contribution in [0.2, 0.25) is 0 Å². The fourth-order valence-corrected chi connectivity index (χ4v) is 4.10. The summed E-state index contributed by atoms with van der Waals surface area (Å²) in [5, 5.41) is 0. The van der Waals surface area contributed by atoms with E-state index < -0.39 is 0 Å². The molecule has 1 fully saturated rings. The van der Waals surface area contributed by atoms with Crippen LogP contribution in [0.15, 0.2) is 48.5 Å². The minimum atomic E-state index is -0.0798. The van der Waals surface area contributed by atoms with Gasteiger partial charge in [0.15, 0.2) is 0 Å². The third kappa shape index (κ3) is 4.26. The zero-order valence-electron chi connectivity index (χ0n) is 14.8. The summed E-state index contributed by atoms with van der Waals surface area (Å²) in [7, 11) is 0. The number of halogens is 1. The summed E-state index contributed by atoms with van der Waals surface area (Å²) in [6, 6.07) is 15.7. The molecule has 1 heteroatoms. The van der Waals surface area contributed by atoms with Crippen molar-refractivity contribution in [1.29, 1.82) is 0 Å². The third-order valence-corrected chi connectivity index (χ3v) is 5.61. The minimum absolute atomic E-state index is 0.0798. The Morgan fingerprint density at radius 1 is 0.917 bits per heavy atom. The van der Waals surface area contributed by atoms with E-state index in [1.165, 1.54) is 56.9 Å². The van der Waals surface area contributed by atoms with Crippen LogP contribution in [0.25, 0.3) is 11.1 Å². The molecule has 0 N–H and O–H groups in total. The summed E-state index contributed by atoms with van der Waals surface area (Å²) >= 11 is 0. The van der Waals surface area contributed by atoms with Crippen LogP contribution in [0, 0.1) is 11.7 Å². The van der Waals surface area contributed by atoms with Crippen molar-refractivity contribution in [3.63, 3.8) is 0 Å². The van der Waals surface area contributed by atoms with Gasteiger partial charge in [-0.15, -0.1) is 0 Å². The SMILES string of the molecule is CCCCCC1CCC(c2ccc(-c3ccccc3)c(F)c2)CC1. The summed E-state index contributed by atoms with van der Waals surface area (Å²) < 4.78 is 14.6. The van der Waals surface area contributed by atoms with Crippen LogP contribution in [0.4, 0.5) is 4.39 Å². The molecule has 0 amide bonds. The van der Waals surface area contributed by atoms with Crippen LogP contribution in [0.5, 0.6) is 0 Å². The van der Waals surface area contributed by atoms with E-state index >= 15 is 0 Å². The van der Waals surface area contributed by atoms with E-state index in [2.05, 4.69) is 13.0 Å². The van der Waals surface area contributed by atoms with Crippen molar-refractivity contribution in [3.8, 4) is 11.1 Å². The van der Waals surface area contributed by atoms with E-state index in [0.717, 1.165) is 11.5 Å². The van der Waals surface area contributed by atoms with Gasteiger partial charge in [-0.3, -0.25) is 0 Å². The molecular formula is C23H29F. The Bertz CT molecular complexity index is 624. The summed E-state index contributed by atoms with van der Waals surface area (Å²) in [4.78, 5) is 0. The van der Waals surface area contributed by atoms with Crippen LogP contribution >= 0.6 is 0 Å². The lowest BCUT2D eigenvalue weighted by Crippen LogP contribution is -2.13. The van der Waals surface area contributed by atoms with Crippen molar-refractivity contribution in [2.45, 2.75) is 64.2 Å². The van der Waals surface area contributed by atoms with Gasteiger partial charge in [-0.25, -0.2) is 4.39 Å². The highest BCUT2D eigenvalue weighted by Crippen LogP contribution is 2.38. The van der Waals surface area contributed by atoms with E-state index in [1.54, 1.807) is 6.07 Å². The molecule has 3 rings (SSSR count). The van der Waals surface area contributed by atoms with E-state index in [4.69, 9.17) is 0 Å². The first-order valence-electron chi connectivity index (χ1n) is 9.62. The quantitative estimate of drug-likeness (QED) is 0.487. The smallest absolute Gasteiger partial charge is 0.131 e. The lowest BCUT2D eigenvalue weighted by Gasteiger charge is -2.29. The first-order valence-corrected chi connectivity index (χ1v) is 9.62. The number of hydrogen-bond acceptors (Lipinski definition) is 0. The molecule has 0 atom stereocenters. The normalized spacial score (nSPS) is 20.9. The van der Waals surface area contributed by atoms with Crippen molar-refractivity contribution >= 4 is 0 Å². The minimum Gasteiger partial charge on any atom is -0.206 e. The summed E-state index contributed by atoms with van der Waals surface area (Å²) in [6.07, 6.45) is 10.5. The Kier molecular flexibility index (Phi) is 6.07. The van der Waals surface area contributed by atoms with E-state index in [0.29, 0.717) is 11.5 Å². The highest BCUT2D eigenvalue weighted by molar-refractivity contribution is 5.64. The Morgan fingerprint density at radius 2 is 1.67 bits per heavy atom. The second-order valence-electron chi connectivity index (χ2n) is 7.32. The molecule has 0 bridgehead atoms. The third-order valence-electron chi connectivity index (χ3n) is 5.61. The van der Waals surface area contributed by atoms with Crippen molar-refractivity contribution in [3.05, 3.63) is 59.9 Å². The van der Waals surface area contributed by atoms with E-state index in [-0.39, 0.29) is 5.82 Å². The summed E-state index contributed by atoms with van der Waals surface area (Å²) in [5.41, 5.74) is 2.87. The van der Waals surface area contributed by atoms with Gasteiger partial charge in [0.1, 0.15) is 5.82 Å². The molecule has 1 saturated carbocycles. The second-order valence-corrected chi connectivity index (χ2v) is 7.32. The highest BCUT2D eigenvalue weighted by Gasteiger charge is 2.22. The molecule has 0 unspecified atom stereocenters. The van der Waals surface area contributed by atoms with E-state index in [9.17, 15) is 4.39 Å². The first kappa shape index (κ1) is 17.2. The Labute approximate surface area is 146 Å². The molecule has 0 nitrogen and oxygen atoms in total. The Hall–Kier alpha value is -1.63. The van der Waals surface area contributed by atoms with Gasteiger partial charge < -0.3 is 0 Å². The van der Waals surface area contributed by atoms with Crippen LogP contribution in [-0.4, -0.2) is 0 Å². The van der Waals surface area contributed by atoms with Gasteiger partial charge in [0.05, 0.1) is 0 Å². The molecule has 0 radical (unpaired) electrons. The topological polar surface area (TPSA) is 0 Å². The molecule has 2 aromatic rings. The fraction of sp³-hybridized carbons (Fsp3) is 0.478. The van der Waals surface area contributed by atoms with Crippen LogP contribution in [0.1, 0.15) is 69.8 Å². The predicted molar refractivity (Wildman–Crippen MR) is 101 cm³/mol. The summed E-state index contributed by atoms with van der Waals surface area (Å²) in [6.45, 7) is 2.27. The molecule has 0 spiro atoms. The average molecular weight is 324 g/mol. The van der Waals surface area contributed by atoms with Crippen molar-refractivity contribution in [2.24, 2.45) is 5.92 Å². The predicted octanol–water partition coefficient (Wildman–Crippen LogP) is 7.35. The van der Waals surface area contributed by atoms with Gasteiger partial charge in [-0.2, -0.15) is 0 Å². The van der Waals surface area contributed by atoms with Gasteiger partial charge >= 0.3 is 0 Å². The molecule has 128 valence electrons.